The van der Waals surface area contributed by atoms with Gasteiger partial charge in [-0.3, -0.25) is 14.9 Å². The number of fused-ring (bicyclic) bond motifs is 1. The minimum atomic E-state index is -0.436. The van der Waals surface area contributed by atoms with Crippen LogP contribution in [0.1, 0.15) is 22.2 Å². The number of nitrogens with one attached hydrogen (secondary N) is 1. The zero-order valence-corrected chi connectivity index (χ0v) is 13.2. The standard InChI is InChI=1S/C17H14N2O3S/c1-2-11-5-3-4-6-14(11)18-17(20)16-10-12-9-13(19(21)22)7-8-15(12)23-16/h3-10H,2H2,1H3,(H,18,20). The molecule has 1 heterocycles. The third-order valence-electron chi connectivity index (χ3n) is 3.58. The molecule has 0 radical (unpaired) electrons. The number of carbonyl (C=O) groups is 1. The number of nitrogens with zero attached hydrogens (tertiary/aromatic N) is 1. The van der Waals surface area contributed by atoms with E-state index in [1.165, 1.54) is 23.5 Å². The molecule has 0 spiro atoms. The van der Waals surface area contributed by atoms with Gasteiger partial charge >= 0.3 is 0 Å². The molecule has 1 aromatic heterocycles. The van der Waals surface area contributed by atoms with Gasteiger partial charge in [-0.05, 0) is 30.2 Å². The van der Waals surface area contributed by atoms with Gasteiger partial charge in [0.15, 0.2) is 0 Å². The summed E-state index contributed by atoms with van der Waals surface area (Å²) in [4.78, 5) is 23.4. The number of amides is 1. The maximum atomic E-state index is 12.4. The van der Waals surface area contributed by atoms with E-state index in [0.29, 0.717) is 10.3 Å². The molecule has 0 unspecified atom stereocenters. The first-order valence-electron chi connectivity index (χ1n) is 7.15. The van der Waals surface area contributed by atoms with E-state index >= 15 is 0 Å². The van der Waals surface area contributed by atoms with Crippen LogP contribution >= 0.6 is 11.3 Å². The minimum Gasteiger partial charge on any atom is -0.321 e. The van der Waals surface area contributed by atoms with E-state index in [0.717, 1.165) is 22.4 Å². The van der Waals surface area contributed by atoms with Gasteiger partial charge in [0.05, 0.1) is 9.80 Å². The van der Waals surface area contributed by atoms with E-state index < -0.39 is 4.92 Å². The van der Waals surface area contributed by atoms with Gasteiger partial charge in [-0.25, -0.2) is 0 Å². The number of rotatable bonds is 4. The molecule has 0 bridgehead atoms. The van der Waals surface area contributed by atoms with Crippen LogP contribution in [0.4, 0.5) is 11.4 Å². The van der Waals surface area contributed by atoms with E-state index in [1.54, 1.807) is 12.1 Å². The maximum absolute atomic E-state index is 12.4. The molecule has 23 heavy (non-hydrogen) atoms. The number of anilines is 1. The summed E-state index contributed by atoms with van der Waals surface area (Å²) >= 11 is 1.32. The van der Waals surface area contributed by atoms with E-state index in [2.05, 4.69) is 5.32 Å². The maximum Gasteiger partial charge on any atom is 0.270 e. The molecule has 0 aliphatic carbocycles. The van der Waals surface area contributed by atoms with Crippen molar-refractivity contribution < 1.29 is 9.72 Å². The summed E-state index contributed by atoms with van der Waals surface area (Å²) in [7, 11) is 0. The molecule has 116 valence electrons. The molecule has 6 heteroatoms. The number of hydrogen-bond donors (Lipinski definition) is 1. The lowest BCUT2D eigenvalue weighted by Crippen LogP contribution is -2.11. The van der Waals surface area contributed by atoms with Crippen LogP contribution < -0.4 is 5.32 Å². The normalized spacial score (nSPS) is 10.7. The van der Waals surface area contributed by atoms with Gasteiger partial charge in [0.1, 0.15) is 0 Å². The molecule has 0 atom stereocenters. The lowest BCUT2D eigenvalue weighted by Gasteiger charge is -2.08. The Hall–Kier alpha value is -2.73. The van der Waals surface area contributed by atoms with Crippen molar-refractivity contribution in [1.82, 2.24) is 0 Å². The molecule has 1 amide bonds. The second-order valence-electron chi connectivity index (χ2n) is 5.05. The molecule has 5 nitrogen and oxygen atoms in total. The molecule has 3 aromatic rings. The lowest BCUT2D eigenvalue weighted by atomic mass is 10.1. The molecule has 0 aliphatic heterocycles. The van der Waals surface area contributed by atoms with Crippen LogP contribution in [0.15, 0.2) is 48.5 Å². The zero-order valence-electron chi connectivity index (χ0n) is 12.4. The molecule has 0 saturated carbocycles. The molecule has 3 rings (SSSR count). The topological polar surface area (TPSA) is 72.2 Å². The predicted molar refractivity (Wildman–Crippen MR) is 92.3 cm³/mol. The monoisotopic (exact) mass is 326 g/mol. The minimum absolute atomic E-state index is 0.0265. The Morgan fingerprint density at radius 3 is 2.74 bits per heavy atom. The van der Waals surface area contributed by atoms with Crippen molar-refractivity contribution >= 4 is 38.7 Å². The molecule has 1 N–H and O–H groups in total. The van der Waals surface area contributed by atoms with Crippen molar-refractivity contribution in [3.05, 3.63) is 69.1 Å². The first-order valence-corrected chi connectivity index (χ1v) is 7.97. The zero-order chi connectivity index (χ0) is 16.4. The summed E-state index contributed by atoms with van der Waals surface area (Å²) in [5.41, 5.74) is 1.89. The van der Waals surface area contributed by atoms with Gasteiger partial charge in [-0.15, -0.1) is 11.3 Å². The van der Waals surface area contributed by atoms with Crippen molar-refractivity contribution in [2.45, 2.75) is 13.3 Å². The number of non-ortho nitro benzene ring substituents is 1. The Morgan fingerprint density at radius 2 is 2.00 bits per heavy atom. The fraction of sp³-hybridized carbons (Fsp3) is 0.118. The van der Waals surface area contributed by atoms with E-state index in [9.17, 15) is 14.9 Å². The first-order chi connectivity index (χ1) is 11.1. The summed E-state index contributed by atoms with van der Waals surface area (Å²) in [6, 6.07) is 14.0. The van der Waals surface area contributed by atoms with Crippen LogP contribution in [0.5, 0.6) is 0 Å². The first kappa shape index (κ1) is 15.2. The van der Waals surface area contributed by atoms with Gasteiger partial charge in [0, 0.05) is 27.9 Å². The Bertz CT molecular complexity index is 902. The number of thiophene rings is 1. The highest BCUT2D eigenvalue weighted by Crippen LogP contribution is 2.29. The Morgan fingerprint density at radius 1 is 1.22 bits per heavy atom. The van der Waals surface area contributed by atoms with Crippen LogP contribution in [0, 0.1) is 10.1 Å². The largest absolute Gasteiger partial charge is 0.321 e. The van der Waals surface area contributed by atoms with Crippen molar-refractivity contribution in [3.8, 4) is 0 Å². The third kappa shape index (κ3) is 3.07. The highest BCUT2D eigenvalue weighted by atomic mass is 32.1. The van der Waals surface area contributed by atoms with Crippen molar-refractivity contribution in [2.24, 2.45) is 0 Å². The number of hydrogen-bond acceptors (Lipinski definition) is 4. The van der Waals surface area contributed by atoms with Gasteiger partial charge < -0.3 is 5.32 Å². The number of benzene rings is 2. The van der Waals surface area contributed by atoms with E-state index in [1.807, 2.05) is 31.2 Å². The van der Waals surface area contributed by atoms with Crippen LogP contribution in [-0.4, -0.2) is 10.8 Å². The molecule has 0 saturated heterocycles. The fourth-order valence-corrected chi connectivity index (χ4v) is 3.33. The second kappa shape index (κ2) is 6.18. The number of aryl methyl sites for hydroxylation is 1. The Balaban J connectivity index is 1.90. The quantitative estimate of drug-likeness (QED) is 0.561. The molecule has 2 aromatic carbocycles. The van der Waals surface area contributed by atoms with Gasteiger partial charge in [-0.2, -0.15) is 0 Å². The average Bonchev–Trinajstić information content (AvgIpc) is 2.98. The summed E-state index contributed by atoms with van der Waals surface area (Å²) in [5, 5.41) is 14.4. The SMILES string of the molecule is CCc1ccccc1NC(=O)c1cc2cc([N+](=O)[O-])ccc2s1. The van der Waals surface area contributed by atoms with Crippen molar-refractivity contribution in [3.63, 3.8) is 0 Å². The summed E-state index contributed by atoms with van der Waals surface area (Å²) in [6.45, 7) is 2.03. The van der Waals surface area contributed by atoms with Crippen LogP contribution in [0.25, 0.3) is 10.1 Å². The average molecular weight is 326 g/mol. The lowest BCUT2D eigenvalue weighted by molar-refractivity contribution is -0.384. The Labute approximate surface area is 136 Å². The number of para-hydroxylation sites is 1. The molecule has 0 aliphatic rings. The summed E-state index contributed by atoms with van der Waals surface area (Å²) in [6.07, 6.45) is 0.828. The van der Waals surface area contributed by atoms with Crippen LogP contribution in [-0.2, 0) is 6.42 Å². The number of nitro benzene ring substituents is 1. The number of nitro groups is 1. The number of carbonyl (C=O) groups excluding carboxylic acids is 1. The molecular formula is C17H14N2O3S. The van der Waals surface area contributed by atoms with Crippen molar-refractivity contribution in [1.29, 1.82) is 0 Å². The van der Waals surface area contributed by atoms with Gasteiger partial charge in [-0.1, -0.05) is 25.1 Å². The Kier molecular flexibility index (Phi) is 4.08. The van der Waals surface area contributed by atoms with Gasteiger partial charge in [0.25, 0.3) is 11.6 Å². The smallest absolute Gasteiger partial charge is 0.270 e. The predicted octanol–water partition coefficient (Wildman–Crippen LogP) is 4.62. The van der Waals surface area contributed by atoms with E-state index in [4.69, 9.17) is 0 Å². The highest BCUT2D eigenvalue weighted by molar-refractivity contribution is 7.20. The highest BCUT2D eigenvalue weighted by Gasteiger charge is 2.14. The summed E-state index contributed by atoms with van der Waals surface area (Å²) < 4.78 is 0.851. The summed E-state index contributed by atoms with van der Waals surface area (Å²) in [5.74, 6) is -0.199. The fourth-order valence-electron chi connectivity index (χ4n) is 2.39. The van der Waals surface area contributed by atoms with Gasteiger partial charge in [0.2, 0.25) is 0 Å². The van der Waals surface area contributed by atoms with Crippen LogP contribution in [0.2, 0.25) is 0 Å². The molecular weight excluding hydrogens is 312 g/mol. The van der Waals surface area contributed by atoms with Crippen LogP contribution in [0.3, 0.4) is 0 Å². The second-order valence-corrected chi connectivity index (χ2v) is 6.14. The molecule has 0 fully saturated rings. The van der Waals surface area contributed by atoms with Crippen molar-refractivity contribution in [2.75, 3.05) is 5.32 Å². The third-order valence-corrected chi connectivity index (χ3v) is 4.70. The van der Waals surface area contributed by atoms with E-state index in [-0.39, 0.29) is 11.6 Å².